The van der Waals surface area contributed by atoms with Crippen molar-refractivity contribution in [2.75, 3.05) is 18.4 Å². The van der Waals surface area contributed by atoms with Crippen LogP contribution >= 0.6 is 0 Å². The summed E-state index contributed by atoms with van der Waals surface area (Å²) in [6.45, 7) is 0.916. The maximum Gasteiger partial charge on any atom is 0.416 e. The fourth-order valence-corrected chi connectivity index (χ4v) is 3.91. The van der Waals surface area contributed by atoms with Gasteiger partial charge in [0.15, 0.2) is 0 Å². The molecule has 3 rings (SSSR count). The fraction of sp³-hybridized carbons (Fsp3) is 0.611. The second-order valence-corrected chi connectivity index (χ2v) is 7.08. The molecule has 0 aromatic heterocycles. The van der Waals surface area contributed by atoms with Gasteiger partial charge in [0.25, 0.3) is 0 Å². The molecule has 2 N–H and O–H groups in total. The zero-order chi connectivity index (χ0) is 18.1. The summed E-state index contributed by atoms with van der Waals surface area (Å²) in [5, 5.41) is 13.4. The van der Waals surface area contributed by atoms with Gasteiger partial charge in [0.1, 0.15) is 0 Å². The molecular formula is C18H23F3N2O2. The standard InChI is InChI=1S/C18H23F3N2O2/c19-18(20,21)14-5-7-15(8-6-14)22-16(24)23-11-9-17(25,10-12-23)13-3-1-2-4-13/h5-8,13,25H,1-4,9-12H2,(H,22,24). The maximum atomic E-state index is 12.6. The van der Waals surface area contributed by atoms with E-state index in [1.807, 2.05) is 0 Å². The Labute approximate surface area is 145 Å². The molecule has 0 unspecified atom stereocenters. The number of amides is 2. The van der Waals surface area contributed by atoms with Gasteiger partial charge in [-0.1, -0.05) is 12.8 Å². The summed E-state index contributed by atoms with van der Waals surface area (Å²) in [5.41, 5.74) is -1.10. The van der Waals surface area contributed by atoms with E-state index in [2.05, 4.69) is 5.32 Å². The summed E-state index contributed by atoms with van der Waals surface area (Å²) < 4.78 is 37.7. The average molecular weight is 356 g/mol. The van der Waals surface area contributed by atoms with Crippen molar-refractivity contribution in [2.24, 2.45) is 5.92 Å². The number of alkyl halides is 3. The Morgan fingerprint density at radius 1 is 1.12 bits per heavy atom. The quantitative estimate of drug-likeness (QED) is 0.832. The van der Waals surface area contributed by atoms with Crippen LogP contribution in [0.25, 0.3) is 0 Å². The van der Waals surface area contributed by atoms with Crippen LogP contribution < -0.4 is 5.32 Å². The monoisotopic (exact) mass is 356 g/mol. The van der Waals surface area contributed by atoms with Crippen LogP contribution in [0.15, 0.2) is 24.3 Å². The number of halogens is 3. The molecule has 1 heterocycles. The lowest BCUT2D eigenvalue weighted by atomic mass is 9.78. The van der Waals surface area contributed by atoms with Gasteiger partial charge in [-0.05, 0) is 55.9 Å². The van der Waals surface area contributed by atoms with Crippen LogP contribution in [0.1, 0.15) is 44.1 Å². The number of urea groups is 1. The number of carbonyl (C=O) groups is 1. The summed E-state index contributed by atoms with van der Waals surface area (Å²) in [6.07, 6.45) is 1.13. The minimum Gasteiger partial charge on any atom is -0.389 e. The van der Waals surface area contributed by atoms with Gasteiger partial charge in [-0.2, -0.15) is 13.2 Å². The second-order valence-electron chi connectivity index (χ2n) is 7.08. The fourth-order valence-electron chi connectivity index (χ4n) is 3.91. The van der Waals surface area contributed by atoms with Crippen molar-refractivity contribution >= 4 is 11.7 Å². The molecule has 1 aromatic carbocycles. The molecule has 1 aromatic rings. The molecule has 0 radical (unpaired) electrons. The van der Waals surface area contributed by atoms with E-state index in [0.717, 1.165) is 37.8 Å². The van der Waals surface area contributed by atoms with E-state index in [0.29, 0.717) is 37.5 Å². The minimum atomic E-state index is -4.39. The number of benzene rings is 1. The van der Waals surface area contributed by atoms with Crippen LogP contribution in [0.5, 0.6) is 0 Å². The van der Waals surface area contributed by atoms with Gasteiger partial charge in [-0.15, -0.1) is 0 Å². The molecule has 0 atom stereocenters. The van der Waals surface area contributed by atoms with E-state index in [9.17, 15) is 23.1 Å². The van der Waals surface area contributed by atoms with Crippen molar-refractivity contribution in [1.82, 2.24) is 4.90 Å². The molecule has 1 aliphatic carbocycles. The number of rotatable bonds is 2. The Kier molecular flexibility index (Phi) is 4.95. The molecule has 7 heteroatoms. The Morgan fingerprint density at radius 3 is 2.20 bits per heavy atom. The number of nitrogens with zero attached hydrogens (tertiary/aromatic N) is 1. The van der Waals surface area contributed by atoms with Crippen LogP contribution in [0, 0.1) is 5.92 Å². The lowest BCUT2D eigenvalue weighted by molar-refractivity contribution is -0.137. The summed E-state index contributed by atoms with van der Waals surface area (Å²) >= 11 is 0. The molecule has 1 aliphatic heterocycles. The van der Waals surface area contributed by atoms with E-state index >= 15 is 0 Å². The minimum absolute atomic E-state index is 0.327. The zero-order valence-electron chi connectivity index (χ0n) is 14.0. The van der Waals surface area contributed by atoms with E-state index in [-0.39, 0.29) is 6.03 Å². The highest BCUT2D eigenvalue weighted by Crippen LogP contribution is 2.40. The number of anilines is 1. The SMILES string of the molecule is O=C(Nc1ccc(C(F)(F)F)cc1)N1CCC(O)(C2CCCC2)CC1. The first-order valence-electron chi connectivity index (χ1n) is 8.73. The Bertz CT molecular complexity index is 602. The van der Waals surface area contributed by atoms with Crippen LogP contribution in [0.3, 0.4) is 0 Å². The van der Waals surface area contributed by atoms with Gasteiger partial charge in [0.2, 0.25) is 0 Å². The molecule has 2 fully saturated rings. The van der Waals surface area contributed by atoms with Crippen LogP contribution in [-0.4, -0.2) is 34.7 Å². The van der Waals surface area contributed by atoms with Gasteiger partial charge in [0, 0.05) is 18.8 Å². The number of hydrogen-bond acceptors (Lipinski definition) is 2. The van der Waals surface area contributed by atoms with E-state index in [4.69, 9.17) is 0 Å². The van der Waals surface area contributed by atoms with Crippen molar-refractivity contribution in [3.63, 3.8) is 0 Å². The topological polar surface area (TPSA) is 52.6 Å². The summed E-state index contributed by atoms with van der Waals surface area (Å²) in [4.78, 5) is 13.9. The highest BCUT2D eigenvalue weighted by Gasteiger charge is 2.41. The van der Waals surface area contributed by atoms with Crippen molar-refractivity contribution in [3.8, 4) is 0 Å². The summed E-state index contributed by atoms with van der Waals surface area (Å²) in [5.74, 6) is 0.327. The molecular weight excluding hydrogens is 333 g/mol. The third-order valence-electron chi connectivity index (χ3n) is 5.50. The van der Waals surface area contributed by atoms with Crippen molar-refractivity contribution in [2.45, 2.75) is 50.3 Å². The average Bonchev–Trinajstić information content (AvgIpc) is 3.10. The zero-order valence-corrected chi connectivity index (χ0v) is 14.0. The lowest BCUT2D eigenvalue weighted by Crippen LogP contribution is -2.50. The Morgan fingerprint density at radius 2 is 1.68 bits per heavy atom. The first kappa shape index (κ1) is 18.0. The van der Waals surface area contributed by atoms with Crippen LogP contribution in [-0.2, 0) is 6.18 Å². The molecule has 0 spiro atoms. The van der Waals surface area contributed by atoms with Gasteiger partial charge < -0.3 is 15.3 Å². The Balaban J connectivity index is 1.54. The smallest absolute Gasteiger partial charge is 0.389 e. The predicted octanol–water partition coefficient (Wildman–Crippen LogP) is 4.25. The molecule has 1 saturated heterocycles. The highest BCUT2D eigenvalue weighted by molar-refractivity contribution is 5.89. The van der Waals surface area contributed by atoms with E-state index < -0.39 is 17.3 Å². The first-order chi connectivity index (χ1) is 11.8. The van der Waals surface area contributed by atoms with Gasteiger partial charge in [-0.25, -0.2) is 4.79 Å². The van der Waals surface area contributed by atoms with Crippen molar-refractivity contribution in [1.29, 1.82) is 0 Å². The van der Waals surface area contributed by atoms with Gasteiger partial charge in [0.05, 0.1) is 11.2 Å². The molecule has 0 bridgehead atoms. The van der Waals surface area contributed by atoms with Gasteiger partial charge >= 0.3 is 12.2 Å². The molecule has 25 heavy (non-hydrogen) atoms. The van der Waals surface area contributed by atoms with Crippen molar-refractivity contribution in [3.05, 3.63) is 29.8 Å². The molecule has 4 nitrogen and oxygen atoms in total. The number of likely N-dealkylation sites (tertiary alicyclic amines) is 1. The first-order valence-corrected chi connectivity index (χ1v) is 8.73. The number of nitrogens with one attached hydrogen (secondary N) is 1. The largest absolute Gasteiger partial charge is 0.416 e. The van der Waals surface area contributed by atoms with E-state index in [1.54, 1.807) is 4.90 Å². The number of carbonyl (C=O) groups excluding carboxylic acids is 1. The number of piperidine rings is 1. The maximum absolute atomic E-state index is 12.6. The lowest BCUT2D eigenvalue weighted by Gasteiger charge is -2.41. The van der Waals surface area contributed by atoms with Crippen LogP contribution in [0.2, 0.25) is 0 Å². The molecule has 138 valence electrons. The Hall–Kier alpha value is -1.76. The second kappa shape index (κ2) is 6.86. The van der Waals surface area contributed by atoms with Crippen LogP contribution in [0.4, 0.5) is 23.7 Å². The number of hydrogen-bond donors (Lipinski definition) is 2. The third-order valence-corrected chi connectivity index (χ3v) is 5.50. The third kappa shape index (κ3) is 4.08. The molecule has 2 aliphatic rings. The van der Waals surface area contributed by atoms with Gasteiger partial charge in [-0.3, -0.25) is 0 Å². The molecule has 1 saturated carbocycles. The normalized spacial score (nSPS) is 21.4. The highest BCUT2D eigenvalue weighted by atomic mass is 19.4. The predicted molar refractivity (Wildman–Crippen MR) is 88.2 cm³/mol. The summed E-state index contributed by atoms with van der Waals surface area (Å²) in [6, 6.07) is 4.06. The molecule has 2 amide bonds. The van der Waals surface area contributed by atoms with E-state index in [1.165, 1.54) is 12.1 Å². The summed E-state index contributed by atoms with van der Waals surface area (Å²) in [7, 11) is 0. The van der Waals surface area contributed by atoms with Crippen molar-refractivity contribution < 1.29 is 23.1 Å². The number of aliphatic hydroxyl groups is 1.